The molecule has 6 nitrogen and oxygen atoms in total. The molecule has 0 aromatic heterocycles. The minimum Gasteiger partial charge on any atom is -0.299 e. The van der Waals surface area contributed by atoms with E-state index in [2.05, 4.69) is 0 Å². The number of carbonyl (C=O) groups is 4. The van der Waals surface area contributed by atoms with Crippen molar-refractivity contribution in [1.82, 2.24) is 10.6 Å². The molecule has 0 saturated carbocycles. The maximum atomic E-state index is 11.7. The van der Waals surface area contributed by atoms with Gasteiger partial charge in [-0.05, 0) is 6.42 Å². The zero-order valence-electron chi connectivity index (χ0n) is 10.1. The van der Waals surface area contributed by atoms with E-state index in [0.717, 1.165) is 0 Å². The monoisotopic (exact) mass is 240 g/mol. The first-order valence-electron chi connectivity index (χ1n) is 5.41. The minimum absolute atomic E-state index is 0.0185. The Kier molecular flexibility index (Phi) is 3.65. The van der Waals surface area contributed by atoms with Crippen molar-refractivity contribution < 1.29 is 19.2 Å². The number of nitrogens with one attached hydrogen (secondary N) is 2. The van der Waals surface area contributed by atoms with Crippen LogP contribution in [0, 0.1) is 11.3 Å². The number of amides is 4. The van der Waals surface area contributed by atoms with Gasteiger partial charge in [0.25, 0.3) is 0 Å². The number of hydrogen-bond acceptors (Lipinski definition) is 4. The van der Waals surface area contributed by atoms with Crippen molar-refractivity contribution in [1.29, 1.82) is 0 Å². The standard InChI is InChI=1S/C11H16N2O4/c1-11(2,3)7(14)5-4-6-8(15)12-10(17)13-9(6)16/h6H,4-5H2,1-3H3,(H2,12,13,15,16,17). The van der Waals surface area contributed by atoms with E-state index in [1.165, 1.54) is 0 Å². The summed E-state index contributed by atoms with van der Waals surface area (Å²) in [5, 5.41) is 4.00. The van der Waals surface area contributed by atoms with Crippen LogP contribution in [0.25, 0.3) is 0 Å². The smallest absolute Gasteiger partial charge is 0.299 e. The Morgan fingerprint density at radius 1 is 1.12 bits per heavy atom. The maximum absolute atomic E-state index is 11.7. The van der Waals surface area contributed by atoms with Crippen LogP contribution in [0.5, 0.6) is 0 Å². The summed E-state index contributed by atoms with van der Waals surface area (Å²) < 4.78 is 0. The molecule has 1 fully saturated rings. The number of urea groups is 1. The summed E-state index contributed by atoms with van der Waals surface area (Å²) in [5.41, 5.74) is -0.489. The Hall–Kier alpha value is -1.72. The predicted octanol–water partition coefficient (Wildman–Crippen LogP) is 0.364. The number of ketones is 1. The number of hydrogen-bond donors (Lipinski definition) is 2. The molecule has 1 rings (SSSR count). The fourth-order valence-corrected chi connectivity index (χ4v) is 1.46. The molecule has 1 aliphatic heterocycles. The van der Waals surface area contributed by atoms with Gasteiger partial charge in [-0.3, -0.25) is 25.0 Å². The fourth-order valence-electron chi connectivity index (χ4n) is 1.46. The second-order valence-corrected chi connectivity index (χ2v) is 5.07. The third-order valence-electron chi connectivity index (χ3n) is 2.60. The van der Waals surface area contributed by atoms with Gasteiger partial charge in [0.05, 0.1) is 0 Å². The number of imide groups is 2. The van der Waals surface area contributed by atoms with Crippen LogP contribution < -0.4 is 10.6 Å². The van der Waals surface area contributed by atoms with Gasteiger partial charge in [0.2, 0.25) is 11.8 Å². The van der Waals surface area contributed by atoms with Gasteiger partial charge in [0.15, 0.2) is 0 Å². The molecule has 0 aliphatic carbocycles. The zero-order chi connectivity index (χ0) is 13.2. The fraction of sp³-hybridized carbons (Fsp3) is 0.636. The molecule has 0 radical (unpaired) electrons. The molecule has 1 aliphatic rings. The van der Waals surface area contributed by atoms with Gasteiger partial charge in [-0.1, -0.05) is 20.8 Å². The molecule has 1 saturated heterocycles. The highest BCUT2D eigenvalue weighted by atomic mass is 16.2. The van der Waals surface area contributed by atoms with Crippen molar-refractivity contribution in [3.63, 3.8) is 0 Å². The summed E-state index contributed by atoms with van der Waals surface area (Å²) in [4.78, 5) is 45.2. The molecule has 0 aromatic carbocycles. The molecular weight excluding hydrogens is 224 g/mol. The normalized spacial score (nSPS) is 17.7. The van der Waals surface area contributed by atoms with Crippen LogP contribution in [0.1, 0.15) is 33.6 Å². The van der Waals surface area contributed by atoms with Gasteiger partial charge in [-0.25, -0.2) is 4.79 Å². The van der Waals surface area contributed by atoms with Gasteiger partial charge in [-0.15, -0.1) is 0 Å². The van der Waals surface area contributed by atoms with E-state index in [-0.39, 0.29) is 18.6 Å². The molecule has 1 heterocycles. The van der Waals surface area contributed by atoms with Crippen LogP contribution in [-0.4, -0.2) is 23.6 Å². The lowest BCUT2D eigenvalue weighted by molar-refractivity contribution is -0.136. The average molecular weight is 240 g/mol. The third kappa shape index (κ3) is 3.37. The minimum atomic E-state index is -0.959. The van der Waals surface area contributed by atoms with Crippen LogP contribution >= 0.6 is 0 Å². The van der Waals surface area contributed by atoms with Gasteiger partial charge in [-0.2, -0.15) is 0 Å². The molecule has 0 aromatic rings. The Balaban J connectivity index is 2.58. The van der Waals surface area contributed by atoms with Crippen molar-refractivity contribution in [2.45, 2.75) is 33.6 Å². The lowest BCUT2D eigenvalue weighted by atomic mass is 9.86. The van der Waals surface area contributed by atoms with Crippen LogP contribution in [0.3, 0.4) is 0 Å². The summed E-state index contributed by atoms with van der Waals surface area (Å²) >= 11 is 0. The Morgan fingerprint density at radius 3 is 2.00 bits per heavy atom. The molecule has 0 bridgehead atoms. The van der Waals surface area contributed by atoms with Crippen LogP contribution in [0.2, 0.25) is 0 Å². The summed E-state index contributed by atoms with van der Waals surface area (Å²) in [7, 11) is 0. The van der Waals surface area contributed by atoms with Crippen LogP contribution in [0.15, 0.2) is 0 Å². The van der Waals surface area contributed by atoms with Gasteiger partial charge >= 0.3 is 6.03 Å². The molecule has 94 valence electrons. The largest absolute Gasteiger partial charge is 0.328 e. The average Bonchev–Trinajstić information content (AvgIpc) is 2.13. The zero-order valence-corrected chi connectivity index (χ0v) is 10.1. The Morgan fingerprint density at radius 2 is 1.59 bits per heavy atom. The maximum Gasteiger partial charge on any atom is 0.328 e. The van der Waals surface area contributed by atoms with Crippen LogP contribution in [-0.2, 0) is 14.4 Å². The lowest BCUT2D eigenvalue weighted by Gasteiger charge is -2.22. The van der Waals surface area contributed by atoms with Crippen molar-refractivity contribution in [3.8, 4) is 0 Å². The molecule has 2 N–H and O–H groups in total. The van der Waals surface area contributed by atoms with Crippen molar-refractivity contribution >= 4 is 23.6 Å². The second-order valence-electron chi connectivity index (χ2n) is 5.07. The highest BCUT2D eigenvalue weighted by molar-refractivity contribution is 6.16. The number of carbonyl (C=O) groups excluding carboxylic acids is 4. The van der Waals surface area contributed by atoms with Gasteiger partial charge in [0, 0.05) is 11.8 Å². The lowest BCUT2D eigenvalue weighted by Crippen LogP contribution is -2.55. The van der Waals surface area contributed by atoms with Crippen molar-refractivity contribution in [3.05, 3.63) is 0 Å². The summed E-state index contributed by atoms with van der Waals surface area (Å²) in [6, 6.07) is -0.807. The molecule has 17 heavy (non-hydrogen) atoms. The first-order chi connectivity index (χ1) is 7.71. The second kappa shape index (κ2) is 4.65. The molecular formula is C11H16N2O4. The number of Topliss-reactive ketones (excluding diaryl/α,β-unsaturated/α-hetero) is 1. The van der Waals surface area contributed by atoms with E-state index in [1.807, 2.05) is 10.6 Å². The first kappa shape index (κ1) is 13.3. The molecule has 6 heteroatoms. The number of rotatable bonds is 3. The van der Waals surface area contributed by atoms with Crippen LogP contribution in [0.4, 0.5) is 4.79 Å². The summed E-state index contributed by atoms with van der Waals surface area (Å²) in [6.45, 7) is 5.33. The first-order valence-corrected chi connectivity index (χ1v) is 5.41. The number of barbiturate groups is 1. The van der Waals surface area contributed by atoms with E-state index < -0.39 is 29.2 Å². The van der Waals surface area contributed by atoms with E-state index in [4.69, 9.17) is 0 Å². The van der Waals surface area contributed by atoms with E-state index in [0.29, 0.717) is 0 Å². The molecule has 0 unspecified atom stereocenters. The highest BCUT2D eigenvalue weighted by Crippen LogP contribution is 2.20. The molecule has 0 atom stereocenters. The summed E-state index contributed by atoms with van der Waals surface area (Å²) in [5.74, 6) is -2.25. The quantitative estimate of drug-likeness (QED) is 0.697. The van der Waals surface area contributed by atoms with E-state index >= 15 is 0 Å². The Labute approximate surface area is 99.1 Å². The topological polar surface area (TPSA) is 92.3 Å². The van der Waals surface area contributed by atoms with E-state index in [1.54, 1.807) is 20.8 Å². The SMILES string of the molecule is CC(C)(C)C(=O)CCC1C(=O)NC(=O)NC1=O. The molecule has 4 amide bonds. The van der Waals surface area contributed by atoms with Crippen molar-refractivity contribution in [2.75, 3.05) is 0 Å². The predicted molar refractivity (Wildman–Crippen MR) is 58.9 cm³/mol. The van der Waals surface area contributed by atoms with Crippen molar-refractivity contribution in [2.24, 2.45) is 11.3 Å². The van der Waals surface area contributed by atoms with Gasteiger partial charge in [0.1, 0.15) is 11.7 Å². The highest BCUT2D eigenvalue weighted by Gasteiger charge is 2.35. The van der Waals surface area contributed by atoms with E-state index in [9.17, 15) is 19.2 Å². The van der Waals surface area contributed by atoms with Gasteiger partial charge < -0.3 is 0 Å². The Bertz CT molecular complexity index is 361. The molecule has 0 spiro atoms. The third-order valence-corrected chi connectivity index (χ3v) is 2.60. The summed E-state index contributed by atoms with van der Waals surface area (Å²) in [6.07, 6.45) is 0.268.